The van der Waals surface area contributed by atoms with Crippen LogP contribution in [0.5, 0.6) is 0 Å². The minimum absolute atomic E-state index is 0.234. The molecule has 0 bridgehead atoms. The number of nitrogens with zero attached hydrogens (tertiary/aromatic N) is 3. The summed E-state index contributed by atoms with van der Waals surface area (Å²) in [7, 11) is 0. The molecule has 0 spiro atoms. The number of amides is 2. The third-order valence-corrected chi connectivity index (χ3v) is 5.89. The maximum atomic E-state index is 12.8. The number of H-pyrrole nitrogens is 1. The molecule has 1 aliphatic heterocycles. The van der Waals surface area contributed by atoms with E-state index >= 15 is 0 Å². The van der Waals surface area contributed by atoms with Gasteiger partial charge in [0.2, 0.25) is 11.8 Å². The third-order valence-electron chi connectivity index (χ3n) is 5.89. The van der Waals surface area contributed by atoms with Crippen LogP contribution < -0.4 is 10.6 Å². The lowest BCUT2D eigenvalue weighted by Crippen LogP contribution is -2.50. The molecule has 148 valence electrons. The molecular formula is C21H27N5O2. The molecule has 7 heteroatoms. The summed E-state index contributed by atoms with van der Waals surface area (Å²) in [6.07, 6.45) is 12.5. The van der Waals surface area contributed by atoms with Crippen molar-refractivity contribution in [1.29, 1.82) is 0 Å². The van der Waals surface area contributed by atoms with E-state index in [1.54, 1.807) is 6.08 Å². The lowest BCUT2D eigenvalue weighted by atomic mass is 9.88. The molecule has 28 heavy (non-hydrogen) atoms. The number of carbonyl (C=O) groups excluding carboxylic acids is 2. The van der Waals surface area contributed by atoms with Crippen molar-refractivity contribution in [1.82, 2.24) is 14.9 Å². The smallest absolute Gasteiger partial charge is 0.241 e. The first kappa shape index (κ1) is 18.5. The summed E-state index contributed by atoms with van der Waals surface area (Å²) in [5, 5.41) is 0.954. The molecule has 2 aromatic rings. The zero-order chi connectivity index (χ0) is 19.5. The molecule has 2 aliphatic rings. The van der Waals surface area contributed by atoms with E-state index in [4.69, 9.17) is 5.73 Å². The van der Waals surface area contributed by atoms with Crippen molar-refractivity contribution < 1.29 is 9.59 Å². The SMILES string of the molecule is NC(=O)C=Cc1c[nH]c2ncc(N3CCN(C(=O)C4CCCCC4)CC3)cc12. The average Bonchev–Trinajstić information content (AvgIpc) is 3.14. The van der Waals surface area contributed by atoms with Crippen LogP contribution in [0.15, 0.2) is 24.5 Å². The Morgan fingerprint density at radius 1 is 1.14 bits per heavy atom. The molecule has 4 rings (SSSR count). The van der Waals surface area contributed by atoms with Crippen LogP contribution >= 0.6 is 0 Å². The number of aromatic amines is 1. The number of anilines is 1. The quantitative estimate of drug-likeness (QED) is 0.795. The predicted molar refractivity (Wildman–Crippen MR) is 110 cm³/mol. The van der Waals surface area contributed by atoms with Crippen molar-refractivity contribution >= 4 is 34.6 Å². The Morgan fingerprint density at radius 2 is 1.89 bits per heavy atom. The Hall–Kier alpha value is -2.83. The van der Waals surface area contributed by atoms with Gasteiger partial charge in [-0.25, -0.2) is 4.98 Å². The van der Waals surface area contributed by atoms with Crippen LogP contribution in [0.2, 0.25) is 0 Å². The summed E-state index contributed by atoms with van der Waals surface area (Å²) in [6.45, 7) is 3.13. The predicted octanol–water partition coefficient (Wildman–Crippen LogP) is 2.29. The average molecular weight is 381 g/mol. The Labute approximate surface area is 164 Å². The Kier molecular flexibility index (Phi) is 5.32. The van der Waals surface area contributed by atoms with E-state index < -0.39 is 5.91 Å². The molecule has 0 radical (unpaired) electrons. The van der Waals surface area contributed by atoms with Crippen LogP contribution in [0.3, 0.4) is 0 Å². The topological polar surface area (TPSA) is 95.3 Å². The maximum absolute atomic E-state index is 12.8. The fraction of sp³-hybridized carbons (Fsp3) is 0.476. The van der Waals surface area contributed by atoms with Gasteiger partial charge in [0.1, 0.15) is 5.65 Å². The number of nitrogens with two attached hydrogens (primary N) is 1. The number of pyridine rings is 1. The van der Waals surface area contributed by atoms with E-state index in [0.29, 0.717) is 5.91 Å². The fourth-order valence-corrected chi connectivity index (χ4v) is 4.29. The van der Waals surface area contributed by atoms with E-state index in [9.17, 15) is 9.59 Å². The molecule has 3 N–H and O–H groups in total. The van der Waals surface area contributed by atoms with Gasteiger partial charge in [-0.15, -0.1) is 0 Å². The molecule has 0 unspecified atom stereocenters. The van der Waals surface area contributed by atoms with Gasteiger partial charge in [0.25, 0.3) is 0 Å². The van der Waals surface area contributed by atoms with Crippen LogP contribution in [-0.2, 0) is 9.59 Å². The molecule has 0 atom stereocenters. The number of carbonyl (C=O) groups is 2. The summed E-state index contributed by atoms with van der Waals surface area (Å²) >= 11 is 0. The summed E-state index contributed by atoms with van der Waals surface area (Å²) < 4.78 is 0. The number of hydrogen-bond donors (Lipinski definition) is 2. The third kappa shape index (κ3) is 3.88. The van der Waals surface area contributed by atoms with E-state index in [2.05, 4.69) is 20.9 Å². The van der Waals surface area contributed by atoms with Gasteiger partial charge in [0, 0.05) is 55.3 Å². The normalized spacial score (nSPS) is 18.9. The maximum Gasteiger partial charge on any atom is 0.241 e. The van der Waals surface area contributed by atoms with Gasteiger partial charge in [0.15, 0.2) is 0 Å². The first-order valence-electron chi connectivity index (χ1n) is 10.1. The highest BCUT2D eigenvalue weighted by molar-refractivity contribution is 5.95. The van der Waals surface area contributed by atoms with Crippen molar-refractivity contribution in [3.8, 4) is 0 Å². The van der Waals surface area contributed by atoms with Gasteiger partial charge in [0.05, 0.1) is 11.9 Å². The second-order valence-electron chi connectivity index (χ2n) is 7.72. The van der Waals surface area contributed by atoms with Crippen LogP contribution in [0.25, 0.3) is 17.1 Å². The van der Waals surface area contributed by atoms with Gasteiger partial charge < -0.3 is 20.5 Å². The Bertz CT molecular complexity index is 889. The fourth-order valence-electron chi connectivity index (χ4n) is 4.29. The van der Waals surface area contributed by atoms with Gasteiger partial charge >= 0.3 is 0 Å². The molecule has 1 aliphatic carbocycles. The van der Waals surface area contributed by atoms with Crippen LogP contribution in [0.4, 0.5) is 5.69 Å². The lowest BCUT2D eigenvalue weighted by Gasteiger charge is -2.38. The molecule has 0 aromatic carbocycles. The highest BCUT2D eigenvalue weighted by Crippen LogP contribution is 2.27. The second kappa shape index (κ2) is 8.04. The Morgan fingerprint density at radius 3 is 2.61 bits per heavy atom. The summed E-state index contributed by atoms with van der Waals surface area (Å²) in [5.41, 5.74) is 7.89. The van der Waals surface area contributed by atoms with E-state index in [1.807, 2.05) is 17.3 Å². The van der Waals surface area contributed by atoms with Crippen molar-refractivity contribution in [3.63, 3.8) is 0 Å². The molecule has 2 amide bonds. The van der Waals surface area contributed by atoms with Crippen molar-refractivity contribution in [2.45, 2.75) is 32.1 Å². The number of aromatic nitrogens is 2. The number of primary amides is 1. The van der Waals surface area contributed by atoms with Crippen LogP contribution in [0.1, 0.15) is 37.7 Å². The largest absolute Gasteiger partial charge is 0.367 e. The van der Waals surface area contributed by atoms with Gasteiger partial charge in [-0.1, -0.05) is 19.3 Å². The standard InChI is InChI=1S/C21H27N5O2/c22-19(27)7-6-16-13-23-20-18(16)12-17(14-24-20)25-8-10-26(11-9-25)21(28)15-4-2-1-3-5-15/h6-7,12-15H,1-5,8-11H2,(H2,22,27)(H,23,24). The number of rotatable bonds is 4. The zero-order valence-corrected chi connectivity index (χ0v) is 16.1. The van der Waals surface area contributed by atoms with E-state index in [0.717, 1.165) is 61.3 Å². The lowest BCUT2D eigenvalue weighted by molar-refractivity contribution is -0.136. The van der Waals surface area contributed by atoms with Crippen molar-refractivity contribution in [2.75, 3.05) is 31.1 Å². The van der Waals surface area contributed by atoms with Crippen molar-refractivity contribution in [2.24, 2.45) is 11.7 Å². The first-order chi connectivity index (χ1) is 13.6. The minimum Gasteiger partial charge on any atom is -0.367 e. The number of hydrogen-bond acceptors (Lipinski definition) is 4. The highest BCUT2D eigenvalue weighted by atomic mass is 16.2. The minimum atomic E-state index is -0.475. The number of nitrogens with one attached hydrogen (secondary N) is 1. The molecule has 3 heterocycles. The Balaban J connectivity index is 1.44. The zero-order valence-electron chi connectivity index (χ0n) is 16.1. The molecule has 1 saturated carbocycles. The molecular weight excluding hydrogens is 354 g/mol. The van der Waals surface area contributed by atoms with E-state index in [-0.39, 0.29) is 5.92 Å². The summed E-state index contributed by atoms with van der Waals surface area (Å²) in [4.78, 5) is 35.7. The highest BCUT2D eigenvalue weighted by Gasteiger charge is 2.28. The monoisotopic (exact) mass is 381 g/mol. The molecule has 1 saturated heterocycles. The molecule has 7 nitrogen and oxygen atoms in total. The van der Waals surface area contributed by atoms with Gasteiger partial charge in [-0.2, -0.15) is 0 Å². The number of fused-ring (bicyclic) bond motifs is 1. The van der Waals surface area contributed by atoms with Gasteiger partial charge in [-0.3, -0.25) is 9.59 Å². The molecule has 2 fully saturated rings. The number of piperazine rings is 1. The van der Waals surface area contributed by atoms with Crippen molar-refractivity contribution in [3.05, 3.63) is 30.1 Å². The van der Waals surface area contributed by atoms with Gasteiger partial charge in [-0.05, 0) is 25.0 Å². The summed E-state index contributed by atoms with van der Waals surface area (Å²) in [5.74, 6) is 0.104. The first-order valence-corrected chi connectivity index (χ1v) is 10.1. The van der Waals surface area contributed by atoms with E-state index in [1.165, 1.54) is 25.3 Å². The molecule has 2 aromatic heterocycles. The van der Waals surface area contributed by atoms with Crippen LogP contribution in [-0.4, -0.2) is 52.9 Å². The second-order valence-corrected chi connectivity index (χ2v) is 7.72. The summed E-state index contributed by atoms with van der Waals surface area (Å²) in [6, 6.07) is 2.08. The van der Waals surface area contributed by atoms with Crippen LogP contribution in [0, 0.1) is 5.92 Å².